The highest BCUT2D eigenvalue weighted by Crippen LogP contribution is 2.29. The average molecular weight is 316 g/mol. The number of anilines is 1. The van der Waals surface area contributed by atoms with Crippen LogP contribution in [0.3, 0.4) is 0 Å². The van der Waals surface area contributed by atoms with E-state index in [0.29, 0.717) is 31.5 Å². The van der Waals surface area contributed by atoms with Crippen molar-refractivity contribution in [1.29, 1.82) is 0 Å². The van der Waals surface area contributed by atoms with Crippen LogP contribution in [-0.4, -0.2) is 37.0 Å². The van der Waals surface area contributed by atoms with Crippen LogP contribution in [0, 0.1) is 18.7 Å². The van der Waals surface area contributed by atoms with Gasteiger partial charge in [0.15, 0.2) is 0 Å². The topological polar surface area (TPSA) is 83.6 Å². The molecule has 0 aromatic heterocycles. The summed E-state index contributed by atoms with van der Waals surface area (Å²) in [6.45, 7) is 3.99. The molecule has 1 aromatic carbocycles. The van der Waals surface area contributed by atoms with Crippen molar-refractivity contribution in [2.45, 2.75) is 37.7 Å². The first-order chi connectivity index (χ1) is 9.73. The SMILES string of the molecule is Cc1cc(F)c(N)cc1S(=O)(=O)N1CCC(C(C)O)CC1. The maximum absolute atomic E-state index is 13.4. The number of aliphatic hydroxyl groups is 1. The summed E-state index contributed by atoms with van der Waals surface area (Å²) in [7, 11) is -3.68. The predicted molar refractivity (Wildman–Crippen MR) is 78.7 cm³/mol. The molecule has 1 heterocycles. The molecular weight excluding hydrogens is 295 g/mol. The van der Waals surface area contributed by atoms with Crippen molar-refractivity contribution in [3.63, 3.8) is 0 Å². The van der Waals surface area contributed by atoms with E-state index in [1.54, 1.807) is 13.8 Å². The van der Waals surface area contributed by atoms with E-state index in [4.69, 9.17) is 5.73 Å². The third-order valence-corrected chi connectivity index (χ3v) is 6.13. The van der Waals surface area contributed by atoms with Crippen LogP contribution in [0.5, 0.6) is 0 Å². The second kappa shape index (κ2) is 5.90. The van der Waals surface area contributed by atoms with E-state index in [2.05, 4.69) is 0 Å². The highest BCUT2D eigenvalue weighted by Gasteiger charge is 2.32. The van der Waals surface area contributed by atoms with Gasteiger partial charge in [-0.05, 0) is 50.3 Å². The van der Waals surface area contributed by atoms with E-state index >= 15 is 0 Å². The number of aliphatic hydroxyl groups excluding tert-OH is 1. The Morgan fingerprint density at radius 2 is 1.95 bits per heavy atom. The fourth-order valence-electron chi connectivity index (χ4n) is 2.68. The third-order valence-electron chi connectivity index (χ3n) is 4.09. The second-order valence-electron chi connectivity index (χ2n) is 5.62. The van der Waals surface area contributed by atoms with Crippen molar-refractivity contribution in [3.05, 3.63) is 23.5 Å². The van der Waals surface area contributed by atoms with E-state index in [-0.39, 0.29) is 16.5 Å². The largest absolute Gasteiger partial charge is 0.396 e. The van der Waals surface area contributed by atoms with Crippen molar-refractivity contribution in [1.82, 2.24) is 4.31 Å². The molecule has 1 saturated heterocycles. The number of hydrogen-bond donors (Lipinski definition) is 2. The van der Waals surface area contributed by atoms with E-state index < -0.39 is 21.9 Å². The fourth-order valence-corrected chi connectivity index (χ4v) is 4.40. The molecule has 2 rings (SSSR count). The summed E-state index contributed by atoms with van der Waals surface area (Å²) in [6, 6.07) is 2.32. The fraction of sp³-hybridized carbons (Fsp3) is 0.571. The molecule has 0 amide bonds. The highest BCUT2D eigenvalue weighted by molar-refractivity contribution is 7.89. The molecule has 1 atom stereocenters. The summed E-state index contributed by atoms with van der Waals surface area (Å²) in [4.78, 5) is 0.0527. The van der Waals surface area contributed by atoms with Gasteiger partial charge in [0.1, 0.15) is 5.82 Å². The van der Waals surface area contributed by atoms with Crippen LogP contribution in [0.2, 0.25) is 0 Å². The first-order valence-electron chi connectivity index (χ1n) is 6.97. The standard InChI is InChI=1S/C14H21FN2O3S/c1-9-7-12(15)13(16)8-14(9)21(19,20)17-5-3-11(4-6-17)10(2)18/h7-8,10-11,18H,3-6,16H2,1-2H3. The van der Waals surface area contributed by atoms with Gasteiger partial charge in [-0.25, -0.2) is 12.8 Å². The van der Waals surface area contributed by atoms with E-state index in [1.165, 1.54) is 10.4 Å². The van der Waals surface area contributed by atoms with Crippen molar-refractivity contribution in [2.75, 3.05) is 18.8 Å². The number of rotatable bonds is 3. The average Bonchev–Trinajstić information content (AvgIpc) is 2.42. The molecule has 3 N–H and O–H groups in total. The number of hydrogen-bond acceptors (Lipinski definition) is 4. The lowest BCUT2D eigenvalue weighted by Gasteiger charge is -2.32. The Kier molecular flexibility index (Phi) is 4.55. The zero-order valence-electron chi connectivity index (χ0n) is 12.2. The quantitative estimate of drug-likeness (QED) is 0.828. The summed E-state index contributed by atoms with van der Waals surface area (Å²) >= 11 is 0. The Morgan fingerprint density at radius 3 is 2.48 bits per heavy atom. The van der Waals surface area contributed by atoms with Crippen molar-refractivity contribution >= 4 is 15.7 Å². The van der Waals surface area contributed by atoms with Gasteiger partial charge in [-0.2, -0.15) is 4.31 Å². The Balaban J connectivity index is 2.26. The summed E-state index contributed by atoms with van der Waals surface area (Å²) in [5, 5.41) is 9.57. The molecule has 118 valence electrons. The van der Waals surface area contributed by atoms with Crippen LogP contribution >= 0.6 is 0 Å². The normalized spacial score (nSPS) is 19.6. The number of piperidine rings is 1. The monoisotopic (exact) mass is 316 g/mol. The zero-order valence-corrected chi connectivity index (χ0v) is 13.0. The summed E-state index contributed by atoms with van der Waals surface area (Å²) in [5.74, 6) is -0.491. The number of aryl methyl sites for hydroxylation is 1. The smallest absolute Gasteiger partial charge is 0.243 e. The summed E-state index contributed by atoms with van der Waals surface area (Å²) < 4.78 is 40.0. The highest BCUT2D eigenvalue weighted by atomic mass is 32.2. The molecule has 0 spiro atoms. The molecular formula is C14H21FN2O3S. The number of halogens is 1. The van der Waals surface area contributed by atoms with Crippen LogP contribution < -0.4 is 5.73 Å². The Morgan fingerprint density at radius 1 is 1.38 bits per heavy atom. The van der Waals surface area contributed by atoms with Crippen LogP contribution in [0.4, 0.5) is 10.1 Å². The van der Waals surface area contributed by atoms with Gasteiger partial charge in [-0.1, -0.05) is 0 Å². The molecule has 21 heavy (non-hydrogen) atoms. The van der Waals surface area contributed by atoms with Crippen molar-refractivity contribution in [3.8, 4) is 0 Å². The lowest BCUT2D eigenvalue weighted by molar-refractivity contribution is 0.0912. The predicted octanol–water partition coefficient (Wildman–Crippen LogP) is 1.50. The molecule has 1 aliphatic heterocycles. The van der Waals surface area contributed by atoms with Gasteiger partial charge < -0.3 is 10.8 Å². The van der Waals surface area contributed by atoms with E-state index in [0.717, 1.165) is 6.07 Å². The third kappa shape index (κ3) is 3.20. The molecule has 5 nitrogen and oxygen atoms in total. The zero-order chi connectivity index (χ0) is 15.8. The van der Waals surface area contributed by atoms with Gasteiger partial charge in [0.25, 0.3) is 0 Å². The van der Waals surface area contributed by atoms with Crippen LogP contribution in [-0.2, 0) is 10.0 Å². The number of nitrogens with zero attached hydrogens (tertiary/aromatic N) is 1. The lowest BCUT2D eigenvalue weighted by Crippen LogP contribution is -2.40. The molecule has 1 aliphatic rings. The van der Waals surface area contributed by atoms with Crippen LogP contribution in [0.15, 0.2) is 17.0 Å². The molecule has 7 heteroatoms. The summed E-state index contributed by atoms with van der Waals surface area (Å²) in [6.07, 6.45) is 0.803. The molecule has 1 fully saturated rings. The van der Waals surface area contributed by atoms with E-state index in [1.807, 2.05) is 0 Å². The van der Waals surface area contributed by atoms with Gasteiger partial charge in [0, 0.05) is 13.1 Å². The van der Waals surface area contributed by atoms with Gasteiger partial charge in [0.2, 0.25) is 10.0 Å². The molecule has 1 unspecified atom stereocenters. The molecule has 0 radical (unpaired) electrons. The Labute approximate surface area is 124 Å². The molecule has 0 aliphatic carbocycles. The summed E-state index contributed by atoms with van der Waals surface area (Å²) in [5.41, 5.74) is 5.66. The van der Waals surface area contributed by atoms with Crippen molar-refractivity contribution < 1.29 is 17.9 Å². The Hall–Kier alpha value is -1.18. The van der Waals surface area contributed by atoms with Gasteiger partial charge >= 0.3 is 0 Å². The number of nitrogen functional groups attached to an aromatic ring is 1. The lowest BCUT2D eigenvalue weighted by atomic mass is 9.93. The Bertz CT molecular complexity index is 623. The van der Waals surface area contributed by atoms with Crippen molar-refractivity contribution in [2.24, 2.45) is 5.92 Å². The van der Waals surface area contributed by atoms with Crippen LogP contribution in [0.1, 0.15) is 25.3 Å². The molecule has 1 aromatic rings. The van der Waals surface area contributed by atoms with Gasteiger partial charge in [-0.15, -0.1) is 0 Å². The first-order valence-corrected chi connectivity index (χ1v) is 8.41. The maximum atomic E-state index is 13.4. The number of sulfonamides is 1. The minimum atomic E-state index is -3.68. The molecule has 0 bridgehead atoms. The first kappa shape index (κ1) is 16.2. The minimum absolute atomic E-state index is 0.0527. The number of nitrogens with two attached hydrogens (primary N) is 1. The van der Waals surface area contributed by atoms with Gasteiger partial charge in [-0.3, -0.25) is 0 Å². The van der Waals surface area contributed by atoms with Crippen LogP contribution in [0.25, 0.3) is 0 Å². The van der Waals surface area contributed by atoms with Gasteiger partial charge in [0.05, 0.1) is 16.7 Å². The minimum Gasteiger partial charge on any atom is -0.396 e. The van der Waals surface area contributed by atoms with E-state index in [9.17, 15) is 17.9 Å². The second-order valence-corrected chi connectivity index (χ2v) is 7.53. The maximum Gasteiger partial charge on any atom is 0.243 e. The number of benzene rings is 1. The molecule has 0 saturated carbocycles.